The van der Waals surface area contributed by atoms with E-state index in [1.165, 1.54) is 0 Å². The summed E-state index contributed by atoms with van der Waals surface area (Å²) in [6, 6.07) is 1.78. The highest BCUT2D eigenvalue weighted by atomic mass is 35.5. The van der Waals surface area contributed by atoms with Crippen LogP contribution in [0.3, 0.4) is 0 Å². The number of sulfonamides is 1. The van der Waals surface area contributed by atoms with E-state index in [1.807, 2.05) is 0 Å². The minimum atomic E-state index is -5.07. The van der Waals surface area contributed by atoms with Crippen molar-refractivity contribution in [1.29, 1.82) is 0 Å². The van der Waals surface area contributed by atoms with E-state index in [-0.39, 0.29) is 29.7 Å². The summed E-state index contributed by atoms with van der Waals surface area (Å²) >= 11 is 5.78. The van der Waals surface area contributed by atoms with Gasteiger partial charge in [0.05, 0.1) is 5.02 Å². The van der Waals surface area contributed by atoms with E-state index in [0.717, 1.165) is 12.1 Å². The summed E-state index contributed by atoms with van der Waals surface area (Å²) in [5.41, 5.74) is -0.616. The smallest absolute Gasteiger partial charge is 0.410 e. The molecule has 0 radical (unpaired) electrons. The van der Waals surface area contributed by atoms with Crippen molar-refractivity contribution < 1.29 is 31.1 Å². The zero-order valence-electron chi connectivity index (χ0n) is 9.78. The number of nitrogens with two attached hydrogens (primary N) is 1. The maximum Gasteiger partial charge on any atom is 0.410 e. The van der Waals surface area contributed by atoms with Crippen molar-refractivity contribution in [3.8, 4) is 11.5 Å². The first-order valence-electron chi connectivity index (χ1n) is 5.28. The maximum absolute atomic E-state index is 12.9. The number of hydrogen-bond acceptors (Lipinski definition) is 4. The van der Waals surface area contributed by atoms with Crippen LogP contribution in [0.25, 0.3) is 0 Å². The van der Waals surface area contributed by atoms with Gasteiger partial charge in [-0.15, -0.1) is 0 Å². The third-order valence-electron chi connectivity index (χ3n) is 2.55. The Morgan fingerprint density at radius 1 is 1.25 bits per heavy atom. The zero-order valence-corrected chi connectivity index (χ0v) is 11.3. The van der Waals surface area contributed by atoms with Gasteiger partial charge in [-0.25, -0.2) is 13.6 Å². The third kappa shape index (κ3) is 2.94. The van der Waals surface area contributed by atoms with E-state index < -0.39 is 27.0 Å². The second-order valence-corrected chi connectivity index (χ2v) is 6.09. The Morgan fingerprint density at radius 2 is 1.85 bits per heavy atom. The summed E-state index contributed by atoms with van der Waals surface area (Å²) in [6.45, 7) is 0.322. The summed E-state index contributed by atoms with van der Waals surface area (Å²) in [6.07, 6.45) is -5.07. The van der Waals surface area contributed by atoms with Crippen molar-refractivity contribution in [2.24, 2.45) is 5.14 Å². The van der Waals surface area contributed by atoms with Crippen LogP contribution in [0.15, 0.2) is 12.1 Å². The predicted molar refractivity (Wildman–Crippen MR) is 64.3 cm³/mol. The van der Waals surface area contributed by atoms with Gasteiger partial charge in [0, 0.05) is 0 Å². The first-order chi connectivity index (χ1) is 9.10. The number of benzene rings is 1. The lowest BCUT2D eigenvalue weighted by molar-refractivity contribution is -0.131. The fourth-order valence-electron chi connectivity index (χ4n) is 1.85. The molecule has 0 fully saturated rings. The van der Waals surface area contributed by atoms with E-state index >= 15 is 0 Å². The molecule has 0 bridgehead atoms. The van der Waals surface area contributed by atoms with Gasteiger partial charge in [-0.1, -0.05) is 11.6 Å². The van der Waals surface area contributed by atoms with Crippen LogP contribution in [-0.2, 0) is 10.0 Å². The molecule has 1 unspecified atom stereocenters. The Labute approximate surface area is 117 Å². The second kappa shape index (κ2) is 4.97. The molecule has 0 aromatic heterocycles. The van der Waals surface area contributed by atoms with E-state index in [0.29, 0.717) is 0 Å². The molecule has 0 aliphatic carbocycles. The highest BCUT2D eigenvalue weighted by Gasteiger charge is 2.49. The number of halogens is 4. The van der Waals surface area contributed by atoms with E-state index in [4.69, 9.17) is 21.1 Å². The number of ether oxygens (including phenoxy) is 2. The van der Waals surface area contributed by atoms with Crippen LogP contribution in [0.1, 0.15) is 10.8 Å². The van der Waals surface area contributed by atoms with Gasteiger partial charge in [0.25, 0.3) is 0 Å². The molecule has 1 aliphatic heterocycles. The summed E-state index contributed by atoms with van der Waals surface area (Å²) in [7, 11) is -4.90. The normalized spacial score (nSPS) is 16.9. The zero-order chi connectivity index (χ0) is 15.1. The minimum absolute atomic E-state index is 0.0448. The first kappa shape index (κ1) is 15.2. The minimum Gasteiger partial charge on any atom is -0.486 e. The average molecular weight is 332 g/mol. The van der Waals surface area contributed by atoms with Crippen molar-refractivity contribution in [3.05, 3.63) is 22.7 Å². The topological polar surface area (TPSA) is 78.6 Å². The molecular formula is C10H9ClF3NO4S. The molecule has 0 saturated heterocycles. The molecule has 0 saturated carbocycles. The van der Waals surface area contributed by atoms with Crippen molar-refractivity contribution in [2.75, 3.05) is 13.2 Å². The molecule has 2 N–H and O–H groups in total. The van der Waals surface area contributed by atoms with Crippen molar-refractivity contribution in [2.45, 2.75) is 11.4 Å². The lowest BCUT2D eigenvalue weighted by Crippen LogP contribution is -2.33. The average Bonchev–Trinajstić information content (AvgIpc) is 2.25. The van der Waals surface area contributed by atoms with E-state index in [2.05, 4.69) is 5.14 Å². The Hall–Kier alpha value is -1.19. The fourth-order valence-corrected chi connectivity index (χ4v) is 3.01. The number of fused-ring (bicyclic) bond motifs is 1. The molecule has 1 aliphatic rings. The van der Waals surface area contributed by atoms with Gasteiger partial charge in [-0.05, 0) is 17.7 Å². The lowest BCUT2D eigenvalue weighted by Gasteiger charge is -2.23. The molecular weight excluding hydrogens is 323 g/mol. The SMILES string of the molecule is NS(=O)(=O)C(c1cc(Cl)c2c(c1)OCCO2)C(F)(F)F. The van der Waals surface area contributed by atoms with Crippen LogP contribution in [0, 0.1) is 0 Å². The molecule has 2 rings (SSSR count). The van der Waals surface area contributed by atoms with Crippen LogP contribution in [0.5, 0.6) is 11.5 Å². The Balaban J connectivity index is 2.59. The molecule has 20 heavy (non-hydrogen) atoms. The highest BCUT2D eigenvalue weighted by Crippen LogP contribution is 2.44. The van der Waals surface area contributed by atoms with Gasteiger partial charge in [0.1, 0.15) is 13.2 Å². The first-order valence-corrected chi connectivity index (χ1v) is 7.27. The van der Waals surface area contributed by atoms with Crippen LogP contribution in [0.4, 0.5) is 13.2 Å². The second-order valence-electron chi connectivity index (χ2n) is 4.04. The van der Waals surface area contributed by atoms with E-state index in [9.17, 15) is 21.6 Å². The van der Waals surface area contributed by atoms with Gasteiger partial charge >= 0.3 is 6.18 Å². The number of alkyl halides is 3. The highest BCUT2D eigenvalue weighted by molar-refractivity contribution is 7.89. The monoisotopic (exact) mass is 331 g/mol. The van der Waals surface area contributed by atoms with Gasteiger partial charge in [0.15, 0.2) is 16.7 Å². The molecule has 5 nitrogen and oxygen atoms in total. The molecule has 1 aromatic rings. The van der Waals surface area contributed by atoms with Crippen LogP contribution in [0.2, 0.25) is 5.02 Å². The van der Waals surface area contributed by atoms with E-state index in [1.54, 1.807) is 0 Å². The van der Waals surface area contributed by atoms with Crippen molar-refractivity contribution in [3.63, 3.8) is 0 Å². The van der Waals surface area contributed by atoms with Crippen LogP contribution < -0.4 is 14.6 Å². The molecule has 112 valence electrons. The van der Waals surface area contributed by atoms with Gasteiger partial charge in [0.2, 0.25) is 10.0 Å². The molecule has 1 aromatic carbocycles. The fraction of sp³-hybridized carbons (Fsp3) is 0.400. The number of primary sulfonamides is 1. The van der Waals surface area contributed by atoms with Gasteiger partial charge in [-0.2, -0.15) is 13.2 Å². The van der Waals surface area contributed by atoms with Crippen LogP contribution >= 0.6 is 11.6 Å². The summed E-state index contributed by atoms with van der Waals surface area (Å²) in [4.78, 5) is 0. The molecule has 1 atom stereocenters. The van der Waals surface area contributed by atoms with Crippen molar-refractivity contribution in [1.82, 2.24) is 0 Å². The van der Waals surface area contributed by atoms with Crippen molar-refractivity contribution >= 4 is 21.6 Å². The predicted octanol–water partition coefficient (Wildman–Crippen LogP) is 2.00. The number of hydrogen-bond donors (Lipinski definition) is 1. The van der Waals surface area contributed by atoms with Gasteiger partial charge in [-0.3, -0.25) is 0 Å². The summed E-state index contributed by atoms with van der Waals surface area (Å²) in [5.74, 6) is 0.0358. The summed E-state index contributed by atoms with van der Waals surface area (Å²) < 4.78 is 71.3. The Morgan fingerprint density at radius 3 is 2.40 bits per heavy atom. The molecule has 10 heteroatoms. The quantitative estimate of drug-likeness (QED) is 0.899. The maximum atomic E-state index is 12.9. The Kier molecular flexibility index (Phi) is 3.78. The molecule has 1 heterocycles. The third-order valence-corrected chi connectivity index (χ3v) is 4.02. The molecule has 0 spiro atoms. The summed E-state index contributed by atoms with van der Waals surface area (Å²) in [5, 5.41) is 1.62. The standard InChI is InChI=1S/C10H9ClF3NO4S/c11-6-3-5(4-7-8(6)19-2-1-18-7)9(10(12,13)14)20(15,16)17/h3-4,9H,1-2H2,(H2,15,16,17). The number of rotatable bonds is 2. The Bertz CT molecular complexity index is 632. The van der Waals surface area contributed by atoms with Gasteiger partial charge < -0.3 is 9.47 Å². The largest absolute Gasteiger partial charge is 0.486 e. The van der Waals surface area contributed by atoms with Crippen LogP contribution in [-0.4, -0.2) is 27.8 Å². The molecule has 0 amide bonds. The lowest BCUT2D eigenvalue weighted by atomic mass is 10.1.